The molecule has 1 rings (SSSR count). The highest BCUT2D eigenvalue weighted by Gasteiger charge is 2.10. The lowest BCUT2D eigenvalue weighted by Crippen LogP contribution is -2.00. The molecule has 0 spiro atoms. The first-order chi connectivity index (χ1) is 7.63. The van der Waals surface area contributed by atoms with Gasteiger partial charge in [0.2, 0.25) is 0 Å². The van der Waals surface area contributed by atoms with Crippen molar-refractivity contribution in [3.05, 3.63) is 34.1 Å². The van der Waals surface area contributed by atoms with Gasteiger partial charge in [-0.2, -0.15) is 0 Å². The average molecular weight is 225 g/mol. The summed E-state index contributed by atoms with van der Waals surface area (Å²) in [5.41, 5.74) is 0. The van der Waals surface area contributed by atoms with E-state index in [0.717, 1.165) is 12.5 Å². The number of nitro groups is 1. The lowest BCUT2D eigenvalue weighted by Gasteiger charge is -1.96. The molecule has 1 aromatic rings. The van der Waals surface area contributed by atoms with Crippen LogP contribution < -0.4 is 0 Å². The largest absolute Gasteiger partial charge is 0.463 e. The van der Waals surface area contributed by atoms with E-state index in [0.29, 0.717) is 6.61 Å². The number of esters is 1. The van der Waals surface area contributed by atoms with Gasteiger partial charge < -0.3 is 9.15 Å². The summed E-state index contributed by atoms with van der Waals surface area (Å²) in [7, 11) is 0. The standard InChI is InChI=1S/C10H11NO5/c1-2-7-15-10(12)6-4-8-3-5-9(16-8)11(13)14/h3-6H,2,7H2,1H3. The highest BCUT2D eigenvalue weighted by molar-refractivity contribution is 5.86. The van der Waals surface area contributed by atoms with Gasteiger partial charge in [0.15, 0.2) is 0 Å². The second-order valence-electron chi connectivity index (χ2n) is 2.93. The van der Waals surface area contributed by atoms with E-state index in [1.165, 1.54) is 18.2 Å². The highest BCUT2D eigenvalue weighted by Crippen LogP contribution is 2.16. The van der Waals surface area contributed by atoms with Gasteiger partial charge in [0.05, 0.1) is 12.7 Å². The van der Waals surface area contributed by atoms with Crippen LogP contribution >= 0.6 is 0 Å². The first-order valence-corrected chi connectivity index (χ1v) is 4.72. The van der Waals surface area contributed by atoms with Crippen LogP contribution in [0.2, 0.25) is 0 Å². The second-order valence-corrected chi connectivity index (χ2v) is 2.93. The zero-order valence-corrected chi connectivity index (χ0v) is 8.71. The Hall–Kier alpha value is -2.11. The maximum Gasteiger partial charge on any atom is 0.433 e. The Morgan fingerprint density at radius 1 is 1.62 bits per heavy atom. The van der Waals surface area contributed by atoms with Crippen molar-refractivity contribution in [2.45, 2.75) is 13.3 Å². The number of hydrogen-bond donors (Lipinski definition) is 0. The Labute approximate surface area is 91.7 Å². The molecule has 0 aliphatic rings. The van der Waals surface area contributed by atoms with Gasteiger partial charge in [-0.3, -0.25) is 10.1 Å². The molecular formula is C10H11NO5. The van der Waals surface area contributed by atoms with Crippen molar-refractivity contribution in [1.29, 1.82) is 0 Å². The fraction of sp³-hybridized carbons (Fsp3) is 0.300. The minimum atomic E-state index is -0.646. The highest BCUT2D eigenvalue weighted by atomic mass is 16.6. The maximum atomic E-state index is 11.0. The van der Waals surface area contributed by atoms with Crippen molar-refractivity contribution in [3.63, 3.8) is 0 Å². The van der Waals surface area contributed by atoms with Crippen LogP contribution in [0.4, 0.5) is 5.88 Å². The van der Waals surface area contributed by atoms with E-state index in [1.54, 1.807) is 0 Å². The molecular weight excluding hydrogens is 214 g/mol. The third-order valence-electron chi connectivity index (χ3n) is 1.62. The van der Waals surface area contributed by atoms with Crippen molar-refractivity contribution in [3.8, 4) is 0 Å². The van der Waals surface area contributed by atoms with Crippen molar-refractivity contribution >= 4 is 17.9 Å². The molecule has 6 nitrogen and oxygen atoms in total. The van der Waals surface area contributed by atoms with E-state index < -0.39 is 10.9 Å². The summed E-state index contributed by atoms with van der Waals surface area (Å²) in [5.74, 6) is -0.623. The summed E-state index contributed by atoms with van der Waals surface area (Å²) in [4.78, 5) is 20.7. The van der Waals surface area contributed by atoms with E-state index in [2.05, 4.69) is 0 Å². The summed E-state index contributed by atoms with van der Waals surface area (Å²) in [6, 6.07) is 2.62. The average Bonchev–Trinajstić information content (AvgIpc) is 2.72. The smallest absolute Gasteiger partial charge is 0.433 e. The molecule has 1 heterocycles. The molecule has 0 aromatic carbocycles. The first kappa shape index (κ1) is 12.0. The molecule has 0 saturated heterocycles. The predicted molar refractivity (Wildman–Crippen MR) is 55.6 cm³/mol. The molecule has 6 heteroatoms. The van der Waals surface area contributed by atoms with Gasteiger partial charge >= 0.3 is 11.9 Å². The van der Waals surface area contributed by atoms with Crippen LogP contribution in [0.1, 0.15) is 19.1 Å². The van der Waals surface area contributed by atoms with Crippen LogP contribution in [-0.4, -0.2) is 17.5 Å². The Morgan fingerprint density at radius 3 is 2.94 bits per heavy atom. The number of rotatable bonds is 5. The third kappa shape index (κ3) is 3.56. The number of hydrogen-bond acceptors (Lipinski definition) is 5. The Kier molecular flexibility index (Phi) is 4.26. The van der Waals surface area contributed by atoms with Gasteiger partial charge in [-0.25, -0.2) is 4.79 Å². The van der Waals surface area contributed by atoms with Crippen LogP contribution in [0.25, 0.3) is 6.08 Å². The zero-order chi connectivity index (χ0) is 12.0. The van der Waals surface area contributed by atoms with Crippen molar-refractivity contribution < 1.29 is 18.9 Å². The Bertz CT molecular complexity index is 407. The van der Waals surface area contributed by atoms with E-state index in [-0.39, 0.29) is 11.6 Å². The van der Waals surface area contributed by atoms with Gasteiger partial charge in [0, 0.05) is 6.08 Å². The van der Waals surface area contributed by atoms with Crippen LogP contribution in [0.15, 0.2) is 22.6 Å². The van der Waals surface area contributed by atoms with E-state index in [1.807, 2.05) is 6.92 Å². The number of carbonyl (C=O) groups is 1. The zero-order valence-electron chi connectivity index (χ0n) is 8.71. The molecule has 0 bridgehead atoms. The van der Waals surface area contributed by atoms with Gasteiger partial charge in [-0.05, 0) is 18.6 Å². The quantitative estimate of drug-likeness (QED) is 0.332. The topological polar surface area (TPSA) is 82.6 Å². The minimum absolute atomic E-state index is 0.236. The first-order valence-electron chi connectivity index (χ1n) is 4.72. The van der Waals surface area contributed by atoms with Crippen LogP contribution in [0, 0.1) is 10.1 Å². The molecule has 0 unspecified atom stereocenters. The minimum Gasteiger partial charge on any atom is -0.463 e. The van der Waals surface area contributed by atoms with Crippen LogP contribution in [0.5, 0.6) is 0 Å². The lowest BCUT2D eigenvalue weighted by atomic mass is 10.4. The summed E-state index contributed by atoms with van der Waals surface area (Å²) in [6.07, 6.45) is 3.23. The van der Waals surface area contributed by atoms with Crippen LogP contribution in [-0.2, 0) is 9.53 Å². The molecule has 0 N–H and O–H groups in total. The molecule has 0 aliphatic carbocycles. The summed E-state index contributed by atoms with van der Waals surface area (Å²) >= 11 is 0. The van der Waals surface area contributed by atoms with Crippen molar-refractivity contribution in [2.24, 2.45) is 0 Å². The monoisotopic (exact) mass is 225 g/mol. The SMILES string of the molecule is CCCOC(=O)C=Cc1ccc([N+](=O)[O-])o1. The third-order valence-corrected chi connectivity index (χ3v) is 1.62. The fourth-order valence-corrected chi connectivity index (χ4v) is 0.931. The van der Waals surface area contributed by atoms with Crippen molar-refractivity contribution in [1.82, 2.24) is 0 Å². The molecule has 16 heavy (non-hydrogen) atoms. The number of furan rings is 1. The molecule has 1 aromatic heterocycles. The molecule has 0 saturated carbocycles. The van der Waals surface area contributed by atoms with E-state index >= 15 is 0 Å². The van der Waals surface area contributed by atoms with Gasteiger partial charge in [-0.1, -0.05) is 6.92 Å². The van der Waals surface area contributed by atoms with Crippen LogP contribution in [0.3, 0.4) is 0 Å². The molecule has 0 atom stereocenters. The maximum absolute atomic E-state index is 11.0. The number of ether oxygens (including phenoxy) is 1. The fourth-order valence-electron chi connectivity index (χ4n) is 0.931. The number of nitrogens with zero attached hydrogens (tertiary/aromatic N) is 1. The molecule has 0 fully saturated rings. The normalized spacial score (nSPS) is 10.6. The summed E-state index contributed by atoms with van der Waals surface area (Å²) in [6.45, 7) is 2.23. The molecule has 86 valence electrons. The van der Waals surface area contributed by atoms with E-state index in [9.17, 15) is 14.9 Å². The summed E-state index contributed by atoms with van der Waals surface area (Å²) < 4.78 is 9.57. The lowest BCUT2D eigenvalue weighted by molar-refractivity contribution is -0.402. The van der Waals surface area contributed by atoms with Crippen molar-refractivity contribution in [2.75, 3.05) is 6.61 Å². The predicted octanol–water partition coefficient (Wildman–Crippen LogP) is 2.15. The molecule has 0 radical (unpaired) electrons. The van der Waals surface area contributed by atoms with Gasteiger partial charge in [0.25, 0.3) is 0 Å². The van der Waals surface area contributed by atoms with Gasteiger partial charge in [0.1, 0.15) is 10.7 Å². The number of carbonyl (C=O) groups excluding carboxylic acids is 1. The summed E-state index contributed by atoms with van der Waals surface area (Å²) in [5, 5.41) is 10.3. The second kappa shape index (κ2) is 5.69. The van der Waals surface area contributed by atoms with Gasteiger partial charge in [-0.15, -0.1) is 0 Å². The molecule has 0 amide bonds. The molecule has 0 aliphatic heterocycles. The van der Waals surface area contributed by atoms with E-state index in [4.69, 9.17) is 9.15 Å². The Balaban J connectivity index is 2.55. The Morgan fingerprint density at radius 2 is 2.38 bits per heavy atom.